The van der Waals surface area contributed by atoms with Crippen molar-refractivity contribution in [3.05, 3.63) is 35.9 Å². The van der Waals surface area contributed by atoms with Gasteiger partial charge in [0.05, 0.1) is 6.42 Å². The van der Waals surface area contributed by atoms with Gasteiger partial charge in [-0.1, -0.05) is 30.3 Å². The van der Waals surface area contributed by atoms with E-state index >= 15 is 0 Å². The average molecular weight is 235 g/mol. The predicted octanol–water partition coefficient (Wildman–Crippen LogP) is 2.41. The van der Waals surface area contributed by atoms with Gasteiger partial charge in [-0.2, -0.15) is 0 Å². The molecule has 0 saturated heterocycles. The van der Waals surface area contributed by atoms with E-state index in [0.717, 1.165) is 13.0 Å². The summed E-state index contributed by atoms with van der Waals surface area (Å²) in [6.45, 7) is 4.79. The second-order valence-electron chi connectivity index (χ2n) is 5.04. The molecule has 1 N–H and O–H groups in total. The van der Waals surface area contributed by atoms with Crippen LogP contribution in [0.15, 0.2) is 30.3 Å². The lowest BCUT2D eigenvalue weighted by atomic mass is 9.98. The van der Waals surface area contributed by atoms with Gasteiger partial charge < -0.3 is 10.0 Å². The third kappa shape index (κ3) is 4.57. The third-order valence-corrected chi connectivity index (χ3v) is 3.20. The third-order valence-electron chi connectivity index (χ3n) is 3.20. The molecule has 94 valence electrons. The zero-order valence-corrected chi connectivity index (χ0v) is 10.8. The minimum atomic E-state index is -0.749. The van der Waals surface area contributed by atoms with Gasteiger partial charge in [-0.3, -0.25) is 4.79 Å². The maximum absolute atomic E-state index is 10.8. The van der Waals surface area contributed by atoms with Crippen LogP contribution < -0.4 is 0 Å². The van der Waals surface area contributed by atoms with Crippen molar-refractivity contribution in [1.82, 2.24) is 4.90 Å². The molecular formula is C14H21NO2. The maximum atomic E-state index is 10.8. The molecule has 0 heterocycles. The molecule has 0 fully saturated rings. The van der Waals surface area contributed by atoms with Crippen LogP contribution in [0.25, 0.3) is 0 Å². The Kier molecular flexibility index (Phi) is 4.70. The number of carboxylic acid groups (broad SMARTS) is 1. The maximum Gasteiger partial charge on any atom is 0.305 e. The first kappa shape index (κ1) is 13.7. The highest BCUT2D eigenvalue weighted by atomic mass is 16.4. The van der Waals surface area contributed by atoms with Gasteiger partial charge in [-0.15, -0.1) is 0 Å². The van der Waals surface area contributed by atoms with Gasteiger partial charge in [0.1, 0.15) is 0 Å². The van der Waals surface area contributed by atoms with Crippen molar-refractivity contribution in [2.24, 2.45) is 0 Å². The van der Waals surface area contributed by atoms with Crippen LogP contribution in [0.3, 0.4) is 0 Å². The van der Waals surface area contributed by atoms with E-state index in [2.05, 4.69) is 17.0 Å². The van der Waals surface area contributed by atoms with E-state index in [-0.39, 0.29) is 12.0 Å². The van der Waals surface area contributed by atoms with E-state index in [1.54, 1.807) is 0 Å². The molecule has 3 nitrogen and oxygen atoms in total. The summed E-state index contributed by atoms with van der Waals surface area (Å²) >= 11 is 0. The van der Waals surface area contributed by atoms with Crippen LogP contribution in [0, 0.1) is 0 Å². The van der Waals surface area contributed by atoms with Crippen LogP contribution in [0.5, 0.6) is 0 Å². The Labute approximate surface area is 103 Å². The highest BCUT2D eigenvalue weighted by Crippen LogP contribution is 2.17. The molecule has 0 radical (unpaired) electrons. The molecule has 3 heteroatoms. The number of carbonyl (C=O) groups is 1. The Morgan fingerprint density at radius 2 is 1.88 bits per heavy atom. The number of aliphatic carboxylic acids is 1. The molecular weight excluding hydrogens is 214 g/mol. The average Bonchev–Trinajstić information content (AvgIpc) is 2.25. The van der Waals surface area contributed by atoms with Crippen molar-refractivity contribution < 1.29 is 9.90 Å². The second kappa shape index (κ2) is 5.82. The van der Waals surface area contributed by atoms with Crippen LogP contribution in [-0.2, 0) is 11.2 Å². The second-order valence-corrected chi connectivity index (χ2v) is 5.04. The Hall–Kier alpha value is -1.35. The summed E-state index contributed by atoms with van der Waals surface area (Å²) in [6, 6.07) is 10.2. The van der Waals surface area contributed by atoms with Crippen LogP contribution >= 0.6 is 0 Å². The summed E-state index contributed by atoms with van der Waals surface area (Å²) in [5, 5.41) is 8.86. The molecule has 0 unspecified atom stereocenters. The summed E-state index contributed by atoms with van der Waals surface area (Å²) in [5.41, 5.74) is 0.978. The quantitative estimate of drug-likeness (QED) is 0.823. The van der Waals surface area contributed by atoms with Gasteiger partial charge in [0.25, 0.3) is 0 Å². The Bertz CT molecular complexity index is 360. The lowest BCUT2D eigenvalue weighted by molar-refractivity contribution is -0.139. The molecule has 0 aliphatic heterocycles. The summed E-state index contributed by atoms with van der Waals surface area (Å²) in [6.07, 6.45) is 1.11. The largest absolute Gasteiger partial charge is 0.481 e. The van der Waals surface area contributed by atoms with Crippen molar-refractivity contribution in [3.8, 4) is 0 Å². The molecule has 0 spiro atoms. The van der Waals surface area contributed by atoms with Crippen LogP contribution in [0.2, 0.25) is 0 Å². The van der Waals surface area contributed by atoms with Gasteiger partial charge in [-0.25, -0.2) is 0 Å². The van der Waals surface area contributed by atoms with Gasteiger partial charge in [0.2, 0.25) is 0 Å². The first-order chi connectivity index (χ1) is 7.92. The molecule has 1 rings (SSSR count). The van der Waals surface area contributed by atoms with Gasteiger partial charge in [0, 0.05) is 12.1 Å². The molecule has 1 aromatic carbocycles. The van der Waals surface area contributed by atoms with Gasteiger partial charge in [-0.05, 0) is 32.9 Å². The zero-order chi connectivity index (χ0) is 12.9. The predicted molar refractivity (Wildman–Crippen MR) is 69.1 cm³/mol. The summed E-state index contributed by atoms with van der Waals surface area (Å²) < 4.78 is 0. The fraction of sp³-hybridized carbons (Fsp3) is 0.500. The van der Waals surface area contributed by atoms with Crippen molar-refractivity contribution in [2.45, 2.75) is 32.2 Å². The summed E-state index contributed by atoms with van der Waals surface area (Å²) in [7, 11) is 1.98. The monoisotopic (exact) mass is 235 g/mol. The topological polar surface area (TPSA) is 40.5 Å². The molecule has 0 aromatic heterocycles. The zero-order valence-electron chi connectivity index (χ0n) is 10.8. The summed E-state index contributed by atoms with van der Waals surface area (Å²) in [5.74, 6) is -0.749. The number of rotatable bonds is 6. The van der Waals surface area contributed by atoms with E-state index in [9.17, 15) is 4.79 Å². The molecule has 0 aliphatic rings. The SMILES string of the molecule is CN(CCc1ccccc1)C(C)(C)CC(=O)O. The highest BCUT2D eigenvalue weighted by Gasteiger charge is 2.26. The number of hydrogen-bond acceptors (Lipinski definition) is 2. The lowest BCUT2D eigenvalue weighted by Gasteiger charge is -2.34. The molecule has 0 bridgehead atoms. The van der Waals surface area contributed by atoms with Crippen LogP contribution in [-0.4, -0.2) is 35.1 Å². The van der Waals surface area contributed by atoms with Crippen molar-refractivity contribution in [1.29, 1.82) is 0 Å². The number of carboxylic acids is 1. The smallest absolute Gasteiger partial charge is 0.305 e. The van der Waals surface area contributed by atoms with E-state index in [1.165, 1.54) is 5.56 Å². The molecule has 0 saturated carbocycles. The number of nitrogens with zero attached hydrogens (tertiary/aromatic N) is 1. The van der Waals surface area contributed by atoms with E-state index in [1.807, 2.05) is 39.1 Å². The van der Waals surface area contributed by atoms with Crippen LogP contribution in [0.1, 0.15) is 25.8 Å². The normalized spacial score (nSPS) is 11.8. The fourth-order valence-electron chi connectivity index (χ4n) is 1.75. The van der Waals surface area contributed by atoms with Crippen molar-refractivity contribution >= 4 is 5.97 Å². The highest BCUT2D eigenvalue weighted by molar-refractivity contribution is 5.68. The molecule has 0 amide bonds. The Balaban J connectivity index is 2.49. The number of benzene rings is 1. The molecule has 0 aliphatic carbocycles. The molecule has 0 atom stereocenters. The Morgan fingerprint density at radius 1 is 1.29 bits per heavy atom. The fourth-order valence-corrected chi connectivity index (χ4v) is 1.75. The van der Waals surface area contributed by atoms with Gasteiger partial charge >= 0.3 is 5.97 Å². The standard InChI is InChI=1S/C14H21NO2/c1-14(2,11-13(16)17)15(3)10-9-12-7-5-4-6-8-12/h4-8H,9-11H2,1-3H3,(H,16,17). The van der Waals surface area contributed by atoms with Crippen LogP contribution in [0.4, 0.5) is 0 Å². The minimum Gasteiger partial charge on any atom is -0.481 e. The van der Waals surface area contributed by atoms with E-state index < -0.39 is 5.97 Å². The Morgan fingerprint density at radius 3 is 2.41 bits per heavy atom. The summed E-state index contributed by atoms with van der Waals surface area (Å²) in [4.78, 5) is 12.9. The minimum absolute atomic E-state index is 0.165. The van der Waals surface area contributed by atoms with E-state index in [0.29, 0.717) is 0 Å². The van der Waals surface area contributed by atoms with E-state index in [4.69, 9.17) is 5.11 Å². The van der Waals surface area contributed by atoms with Crippen molar-refractivity contribution in [2.75, 3.05) is 13.6 Å². The first-order valence-electron chi connectivity index (χ1n) is 5.89. The number of likely N-dealkylation sites (N-methyl/N-ethyl adjacent to an activating group) is 1. The first-order valence-corrected chi connectivity index (χ1v) is 5.89. The molecule has 17 heavy (non-hydrogen) atoms. The van der Waals surface area contributed by atoms with Gasteiger partial charge in [0.15, 0.2) is 0 Å². The molecule has 1 aromatic rings. The van der Waals surface area contributed by atoms with Crippen molar-refractivity contribution in [3.63, 3.8) is 0 Å². The lowest BCUT2D eigenvalue weighted by Crippen LogP contribution is -2.43. The number of hydrogen-bond donors (Lipinski definition) is 1.